The molecule has 1 heterocycles. The maximum Gasteiger partial charge on any atom is 0.353 e. The average Bonchev–Trinajstić information content (AvgIpc) is 2.71. The molecule has 8 nitrogen and oxygen atoms in total. The molecule has 3 rings (SSSR count). The van der Waals surface area contributed by atoms with Crippen molar-refractivity contribution < 1.29 is 9.66 Å². The van der Waals surface area contributed by atoms with Gasteiger partial charge < -0.3 is 15.4 Å². The minimum atomic E-state index is -0.510. The highest BCUT2D eigenvalue weighted by atomic mass is 79.9. The van der Waals surface area contributed by atoms with E-state index < -0.39 is 4.92 Å². The SMILES string of the molecule is CCCCOc1ccc(Nc2ncnc(Nc3ccccc3Br)c2[N+](=O)[O-])cc1. The first-order valence-corrected chi connectivity index (χ1v) is 9.88. The van der Waals surface area contributed by atoms with Crippen molar-refractivity contribution in [2.75, 3.05) is 17.2 Å². The first-order valence-electron chi connectivity index (χ1n) is 9.09. The van der Waals surface area contributed by atoms with Gasteiger partial charge in [-0.15, -0.1) is 0 Å². The Hall–Kier alpha value is -3.20. The fourth-order valence-corrected chi connectivity index (χ4v) is 2.91. The maximum atomic E-state index is 11.7. The van der Waals surface area contributed by atoms with E-state index in [1.807, 2.05) is 30.3 Å². The van der Waals surface area contributed by atoms with Crippen LogP contribution in [0.15, 0.2) is 59.3 Å². The number of ether oxygens (including phenoxy) is 1. The molecule has 0 aliphatic carbocycles. The molecular formula is C20H20BrN5O3. The smallest absolute Gasteiger partial charge is 0.353 e. The van der Waals surface area contributed by atoms with Crippen molar-refractivity contribution >= 4 is 44.6 Å². The van der Waals surface area contributed by atoms with Gasteiger partial charge in [-0.25, -0.2) is 9.97 Å². The minimum Gasteiger partial charge on any atom is -0.494 e. The summed E-state index contributed by atoms with van der Waals surface area (Å²) < 4.78 is 6.40. The number of unbranched alkanes of at least 4 members (excludes halogenated alkanes) is 1. The van der Waals surface area contributed by atoms with E-state index in [1.165, 1.54) is 6.33 Å². The Bertz CT molecular complexity index is 982. The predicted molar refractivity (Wildman–Crippen MR) is 116 cm³/mol. The number of para-hydroxylation sites is 1. The Kier molecular flexibility index (Phi) is 6.96. The maximum absolute atomic E-state index is 11.7. The lowest BCUT2D eigenvalue weighted by Crippen LogP contribution is -2.05. The molecule has 150 valence electrons. The van der Waals surface area contributed by atoms with Crippen LogP contribution in [-0.4, -0.2) is 21.5 Å². The van der Waals surface area contributed by atoms with Crippen molar-refractivity contribution in [3.05, 3.63) is 69.4 Å². The van der Waals surface area contributed by atoms with Crippen LogP contribution in [0.5, 0.6) is 5.75 Å². The van der Waals surface area contributed by atoms with Gasteiger partial charge in [0, 0.05) is 10.2 Å². The summed E-state index contributed by atoms with van der Waals surface area (Å²) in [5, 5.41) is 17.7. The molecule has 0 spiro atoms. The molecule has 0 fully saturated rings. The molecule has 0 bridgehead atoms. The summed E-state index contributed by atoms with van der Waals surface area (Å²) in [6.45, 7) is 2.76. The summed E-state index contributed by atoms with van der Waals surface area (Å²) in [6, 6.07) is 14.5. The van der Waals surface area contributed by atoms with E-state index in [-0.39, 0.29) is 17.3 Å². The van der Waals surface area contributed by atoms with Crippen molar-refractivity contribution in [1.29, 1.82) is 0 Å². The van der Waals surface area contributed by atoms with Gasteiger partial charge in [-0.05, 0) is 58.7 Å². The monoisotopic (exact) mass is 457 g/mol. The van der Waals surface area contributed by atoms with Gasteiger partial charge >= 0.3 is 5.69 Å². The quantitative estimate of drug-likeness (QED) is 0.237. The van der Waals surface area contributed by atoms with Gasteiger partial charge in [0.05, 0.1) is 17.2 Å². The molecule has 2 aromatic carbocycles. The lowest BCUT2D eigenvalue weighted by Gasteiger charge is -2.11. The molecule has 29 heavy (non-hydrogen) atoms. The van der Waals surface area contributed by atoms with Crippen LogP contribution in [0, 0.1) is 10.1 Å². The number of hydrogen-bond donors (Lipinski definition) is 2. The molecule has 2 N–H and O–H groups in total. The summed E-state index contributed by atoms with van der Waals surface area (Å²) in [5.41, 5.74) is 1.07. The van der Waals surface area contributed by atoms with Crippen LogP contribution in [0.2, 0.25) is 0 Å². The second-order valence-corrected chi connectivity index (χ2v) is 6.99. The fraction of sp³-hybridized carbons (Fsp3) is 0.200. The van der Waals surface area contributed by atoms with E-state index in [0.29, 0.717) is 18.0 Å². The third-order valence-corrected chi connectivity index (χ3v) is 4.71. The zero-order valence-corrected chi connectivity index (χ0v) is 17.3. The first-order chi connectivity index (χ1) is 14.1. The number of nitro groups is 1. The number of anilines is 4. The number of hydrogen-bond acceptors (Lipinski definition) is 7. The highest BCUT2D eigenvalue weighted by Gasteiger charge is 2.23. The molecule has 3 aromatic rings. The molecule has 0 aliphatic rings. The van der Waals surface area contributed by atoms with Crippen LogP contribution in [0.25, 0.3) is 0 Å². The van der Waals surface area contributed by atoms with Gasteiger partial charge in [0.2, 0.25) is 11.6 Å². The molecule has 0 saturated carbocycles. The van der Waals surface area contributed by atoms with Crippen molar-refractivity contribution in [3.63, 3.8) is 0 Å². The zero-order valence-electron chi connectivity index (χ0n) is 15.8. The number of aromatic nitrogens is 2. The lowest BCUT2D eigenvalue weighted by molar-refractivity contribution is -0.383. The second-order valence-electron chi connectivity index (χ2n) is 6.13. The van der Waals surface area contributed by atoms with Crippen molar-refractivity contribution in [1.82, 2.24) is 9.97 Å². The average molecular weight is 458 g/mol. The highest BCUT2D eigenvalue weighted by Crippen LogP contribution is 2.34. The van der Waals surface area contributed by atoms with Crippen LogP contribution in [0.4, 0.5) is 28.7 Å². The molecule has 0 aliphatic heterocycles. The fourth-order valence-electron chi connectivity index (χ4n) is 2.53. The Balaban J connectivity index is 1.82. The Morgan fingerprint density at radius 1 is 1.07 bits per heavy atom. The van der Waals surface area contributed by atoms with E-state index >= 15 is 0 Å². The van der Waals surface area contributed by atoms with Crippen LogP contribution in [-0.2, 0) is 0 Å². The minimum absolute atomic E-state index is 0.0962. The van der Waals surface area contributed by atoms with Gasteiger partial charge in [-0.1, -0.05) is 25.5 Å². The number of nitrogens with one attached hydrogen (secondary N) is 2. The second kappa shape index (κ2) is 9.83. The lowest BCUT2D eigenvalue weighted by atomic mass is 10.3. The molecule has 1 aromatic heterocycles. The van der Waals surface area contributed by atoms with Gasteiger partial charge in [0.15, 0.2) is 0 Å². The summed E-state index contributed by atoms with van der Waals surface area (Å²) >= 11 is 3.41. The Morgan fingerprint density at radius 3 is 2.41 bits per heavy atom. The molecule has 0 saturated heterocycles. The van der Waals surface area contributed by atoms with E-state index in [1.54, 1.807) is 18.2 Å². The van der Waals surface area contributed by atoms with Gasteiger partial charge in [0.1, 0.15) is 12.1 Å². The summed E-state index contributed by atoms with van der Waals surface area (Å²) in [7, 11) is 0. The molecular weight excluding hydrogens is 438 g/mol. The number of nitrogens with zero attached hydrogens (tertiary/aromatic N) is 3. The van der Waals surface area contributed by atoms with E-state index in [4.69, 9.17) is 4.74 Å². The topological polar surface area (TPSA) is 102 Å². The normalized spacial score (nSPS) is 10.4. The van der Waals surface area contributed by atoms with Crippen LogP contribution >= 0.6 is 15.9 Å². The standard InChI is InChI=1S/C20H20BrN5O3/c1-2-3-12-29-15-10-8-14(9-11-15)24-19-18(26(27)28)20(23-13-22-19)25-17-7-5-4-6-16(17)21/h4-11,13H,2-3,12H2,1H3,(H2,22,23,24,25). The van der Waals surface area contributed by atoms with Crippen LogP contribution in [0.1, 0.15) is 19.8 Å². The van der Waals surface area contributed by atoms with Gasteiger partial charge in [-0.2, -0.15) is 0 Å². The Morgan fingerprint density at radius 2 is 1.76 bits per heavy atom. The van der Waals surface area contributed by atoms with E-state index in [0.717, 1.165) is 23.1 Å². The van der Waals surface area contributed by atoms with Crippen LogP contribution in [0.3, 0.4) is 0 Å². The molecule has 0 atom stereocenters. The molecule has 0 amide bonds. The van der Waals surface area contributed by atoms with Crippen molar-refractivity contribution in [2.45, 2.75) is 19.8 Å². The van der Waals surface area contributed by atoms with Gasteiger partial charge in [-0.3, -0.25) is 10.1 Å². The molecule has 0 radical (unpaired) electrons. The predicted octanol–water partition coefficient (Wildman–Crippen LogP) is 5.81. The van der Waals surface area contributed by atoms with Gasteiger partial charge in [0.25, 0.3) is 0 Å². The number of benzene rings is 2. The number of halogens is 1. The van der Waals surface area contributed by atoms with E-state index in [9.17, 15) is 10.1 Å². The van der Waals surface area contributed by atoms with Crippen molar-refractivity contribution in [3.8, 4) is 5.75 Å². The summed E-state index contributed by atoms with van der Waals surface area (Å²) in [5.74, 6) is 0.940. The molecule has 0 unspecified atom stereocenters. The van der Waals surface area contributed by atoms with E-state index in [2.05, 4.69) is 43.5 Å². The summed E-state index contributed by atoms with van der Waals surface area (Å²) in [6.07, 6.45) is 3.32. The first kappa shape index (κ1) is 20.5. The summed E-state index contributed by atoms with van der Waals surface area (Å²) in [4.78, 5) is 19.3. The number of rotatable bonds is 9. The zero-order chi connectivity index (χ0) is 20.6. The van der Waals surface area contributed by atoms with Crippen molar-refractivity contribution in [2.24, 2.45) is 0 Å². The van der Waals surface area contributed by atoms with Crippen LogP contribution < -0.4 is 15.4 Å². The third-order valence-electron chi connectivity index (χ3n) is 4.02. The Labute approximate surface area is 176 Å². The third kappa shape index (κ3) is 5.41. The molecule has 9 heteroatoms. The highest BCUT2D eigenvalue weighted by molar-refractivity contribution is 9.10. The largest absolute Gasteiger partial charge is 0.494 e.